The molecule has 144 valence electrons. The highest BCUT2D eigenvalue weighted by Gasteiger charge is 2.33. The molecule has 5 nitrogen and oxygen atoms in total. The molecule has 2 aromatic rings. The summed E-state index contributed by atoms with van der Waals surface area (Å²) in [6, 6.07) is 10.5. The molecule has 1 aromatic carbocycles. The van der Waals surface area contributed by atoms with Crippen LogP contribution in [0.4, 0.5) is 0 Å². The average Bonchev–Trinajstić information content (AvgIpc) is 3.05. The number of unbranched alkanes of at least 4 members (excludes halogenated alkanes) is 2. The van der Waals surface area contributed by atoms with Gasteiger partial charge in [-0.25, -0.2) is 4.98 Å². The number of hydrogen-bond donors (Lipinski definition) is 1. The fourth-order valence-electron chi connectivity index (χ4n) is 3.75. The van der Waals surface area contributed by atoms with Gasteiger partial charge in [-0.3, -0.25) is 4.79 Å². The molecule has 27 heavy (non-hydrogen) atoms. The molecule has 0 bridgehead atoms. The summed E-state index contributed by atoms with van der Waals surface area (Å²) >= 11 is 1.47. The Kier molecular flexibility index (Phi) is 6.78. The Hall–Kier alpha value is -2.00. The molecule has 6 heteroatoms. The van der Waals surface area contributed by atoms with E-state index in [4.69, 9.17) is 4.98 Å². The van der Waals surface area contributed by atoms with Crippen LogP contribution in [0.1, 0.15) is 58.3 Å². The Bertz CT molecular complexity index is 817. The third-order valence-electron chi connectivity index (χ3n) is 5.24. The Balaban J connectivity index is 1.67. The van der Waals surface area contributed by atoms with E-state index in [9.17, 15) is 10.1 Å². The van der Waals surface area contributed by atoms with Crippen LogP contribution in [0.3, 0.4) is 0 Å². The summed E-state index contributed by atoms with van der Waals surface area (Å²) in [4.78, 5) is 17.2. The van der Waals surface area contributed by atoms with Crippen LogP contribution in [0.5, 0.6) is 0 Å². The minimum Gasteiger partial charge on any atom is -0.337 e. The second kappa shape index (κ2) is 9.27. The molecule has 0 unspecified atom stereocenters. The number of amides is 1. The lowest BCUT2D eigenvalue weighted by atomic mass is 9.83. The average molecular weight is 385 g/mol. The first-order valence-electron chi connectivity index (χ1n) is 9.98. The third-order valence-corrected chi connectivity index (χ3v) is 6.21. The molecule has 0 spiro atoms. The van der Waals surface area contributed by atoms with Crippen molar-refractivity contribution in [3.8, 4) is 6.07 Å². The number of thioether (sulfide) groups is 1. The highest BCUT2D eigenvalue weighted by atomic mass is 32.2. The number of benzene rings is 1. The van der Waals surface area contributed by atoms with E-state index < -0.39 is 5.54 Å². The van der Waals surface area contributed by atoms with Crippen molar-refractivity contribution in [3.05, 3.63) is 24.3 Å². The fourth-order valence-corrected chi connectivity index (χ4v) is 4.59. The van der Waals surface area contributed by atoms with Gasteiger partial charge < -0.3 is 9.88 Å². The summed E-state index contributed by atoms with van der Waals surface area (Å²) in [7, 11) is 0. The number of aromatic nitrogens is 2. The Morgan fingerprint density at radius 3 is 2.81 bits per heavy atom. The van der Waals surface area contributed by atoms with Crippen LogP contribution in [-0.2, 0) is 11.3 Å². The number of aryl methyl sites for hydroxylation is 1. The number of imidazole rings is 1. The van der Waals surface area contributed by atoms with Crippen LogP contribution in [-0.4, -0.2) is 26.8 Å². The number of fused-ring (bicyclic) bond motifs is 1. The van der Waals surface area contributed by atoms with Crippen LogP contribution in [0.25, 0.3) is 11.0 Å². The van der Waals surface area contributed by atoms with E-state index in [1.165, 1.54) is 24.6 Å². The van der Waals surface area contributed by atoms with Crippen LogP contribution >= 0.6 is 11.8 Å². The lowest BCUT2D eigenvalue weighted by Gasteiger charge is -2.31. The molecule has 0 radical (unpaired) electrons. The van der Waals surface area contributed by atoms with Gasteiger partial charge in [0.25, 0.3) is 0 Å². The third kappa shape index (κ3) is 4.84. The number of nitrogens with zero attached hydrogens (tertiary/aromatic N) is 3. The van der Waals surface area contributed by atoms with Crippen LogP contribution in [0, 0.1) is 11.3 Å². The summed E-state index contributed by atoms with van der Waals surface area (Å²) in [5, 5.41) is 13.4. The van der Waals surface area contributed by atoms with E-state index in [2.05, 4.69) is 28.9 Å². The van der Waals surface area contributed by atoms with E-state index >= 15 is 0 Å². The van der Waals surface area contributed by atoms with Gasteiger partial charge in [-0.1, -0.05) is 62.9 Å². The summed E-state index contributed by atoms with van der Waals surface area (Å²) in [6.07, 6.45) is 8.15. The van der Waals surface area contributed by atoms with Gasteiger partial charge in [-0.05, 0) is 31.4 Å². The van der Waals surface area contributed by atoms with E-state index in [1.807, 2.05) is 18.2 Å². The number of hydrogen-bond acceptors (Lipinski definition) is 4. The van der Waals surface area contributed by atoms with Gasteiger partial charge in [0.1, 0.15) is 5.54 Å². The van der Waals surface area contributed by atoms with Crippen LogP contribution < -0.4 is 5.32 Å². The van der Waals surface area contributed by atoms with Crippen molar-refractivity contribution in [2.75, 3.05) is 5.75 Å². The van der Waals surface area contributed by atoms with Crippen LogP contribution in [0.15, 0.2) is 29.4 Å². The van der Waals surface area contributed by atoms with Gasteiger partial charge >= 0.3 is 0 Å². The van der Waals surface area contributed by atoms with Gasteiger partial charge in [0, 0.05) is 6.54 Å². The molecule has 1 aliphatic rings. The monoisotopic (exact) mass is 384 g/mol. The van der Waals surface area contributed by atoms with Gasteiger partial charge in [0.15, 0.2) is 5.16 Å². The van der Waals surface area contributed by atoms with E-state index in [-0.39, 0.29) is 5.91 Å². The molecule has 0 atom stereocenters. The van der Waals surface area contributed by atoms with Gasteiger partial charge in [0.05, 0.1) is 22.9 Å². The molecule has 1 N–H and O–H groups in total. The molecule has 1 aromatic heterocycles. The normalized spacial score (nSPS) is 16.1. The minimum absolute atomic E-state index is 0.0735. The maximum atomic E-state index is 12.5. The zero-order valence-corrected chi connectivity index (χ0v) is 16.9. The Labute approximate surface area is 165 Å². The standard InChI is InChI=1S/C21H28N4OS/c1-2-3-9-14-25-18-11-6-5-10-17(18)23-20(25)27-15-19(26)24-21(16-22)12-7-4-8-13-21/h5-6,10-11H,2-4,7-9,12-15H2,1H3,(H,24,26). The second-order valence-electron chi connectivity index (χ2n) is 7.33. The predicted molar refractivity (Wildman–Crippen MR) is 110 cm³/mol. The van der Waals surface area contributed by atoms with Crippen molar-refractivity contribution in [2.24, 2.45) is 0 Å². The van der Waals surface area contributed by atoms with Crippen molar-refractivity contribution in [3.63, 3.8) is 0 Å². The number of nitriles is 1. The summed E-state index contributed by atoms with van der Waals surface area (Å²) in [5.41, 5.74) is 1.42. The SMILES string of the molecule is CCCCCn1c(SCC(=O)NC2(C#N)CCCCC2)nc2ccccc21. The molecule has 1 saturated carbocycles. The number of nitrogens with one attached hydrogen (secondary N) is 1. The summed E-state index contributed by atoms with van der Waals surface area (Å²) in [5.74, 6) is 0.219. The smallest absolute Gasteiger partial charge is 0.231 e. The molecule has 1 heterocycles. The number of carbonyl (C=O) groups excluding carboxylic acids is 1. The summed E-state index contributed by atoms with van der Waals surface area (Å²) in [6.45, 7) is 3.11. The largest absolute Gasteiger partial charge is 0.337 e. The number of rotatable bonds is 8. The molecule has 1 fully saturated rings. The zero-order valence-electron chi connectivity index (χ0n) is 16.0. The quantitative estimate of drug-likeness (QED) is 0.531. The summed E-state index contributed by atoms with van der Waals surface area (Å²) < 4.78 is 2.23. The van der Waals surface area contributed by atoms with Gasteiger partial charge in [-0.2, -0.15) is 5.26 Å². The number of carbonyl (C=O) groups is 1. The highest BCUT2D eigenvalue weighted by Crippen LogP contribution is 2.28. The molecular weight excluding hydrogens is 356 g/mol. The van der Waals surface area contributed by atoms with Crippen molar-refractivity contribution in [2.45, 2.75) is 75.5 Å². The van der Waals surface area contributed by atoms with Crippen molar-refractivity contribution >= 4 is 28.7 Å². The molecule has 0 saturated heterocycles. The lowest BCUT2D eigenvalue weighted by Crippen LogP contribution is -2.49. The van der Waals surface area contributed by atoms with Crippen molar-refractivity contribution in [1.82, 2.24) is 14.9 Å². The molecular formula is C21H28N4OS. The van der Waals surface area contributed by atoms with E-state index in [0.29, 0.717) is 5.75 Å². The minimum atomic E-state index is -0.669. The van der Waals surface area contributed by atoms with Crippen molar-refractivity contribution in [1.29, 1.82) is 5.26 Å². The fraction of sp³-hybridized carbons (Fsp3) is 0.571. The van der Waals surface area contributed by atoms with Gasteiger partial charge in [-0.15, -0.1) is 0 Å². The zero-order chi connectivity index (χ0) is 19.1. The van der Waals surface area contributed by atoms with Crippen molar-refractivity contribution < 1.29 is 4.79 Å². The molecule has 3 rings (SSSR count). The Morgan fingerprint density at radius 1 is 1.30 bits per heavy atom. The Morgan fingerprint density at radius 2 is 2.07 bits per heavy atom. The lowest BCUT2D eigenvalue weighted by molar-refractivity contribution is -0.120. The topological polar surface area (TPSA) is 70.7 Å². The maximum Gasteiger partial charge on any atom is 0.231 e. The second-order valence-corrected chi connectivity index (χ2v) is 8.28. The van der Waals surface area contributed by atoms with Crippen LogP contribution in [0.2, 0.25) is 0 Å². The predicted octanol–water partition coefficient (Wildman–Crippen LogP) is 4.66. The number of para-hydroxylation sites is 2. The first kappa shape index (κ1) is 19.8. The molecule has 1 aliphatic carbocycles. The molecule has 0 aliphatic heterocycles. The first-order valence-corrected chi connectivity index (χ1v) is 11.0. The maximum absolute atomic E-state index is 12.5. The van der Waals surface area contributed by atoms with E-state index in [1.54, 1.807) is 0 Å². The molecule has 1 amide bonds. The first-order chi connectivity index (χ1) is 13.2. The van der Waals surface area contributed by atoms with E-state index in [0.717, 1.165) is 61.3 Å². The van der Waals surface area contributed by atoms with Gasteiger partial charge in [0.2, 0.25) is 5.91 Å². The highest BCUT2D eigenvalue weighted by molar-refractivity contribution is 7.99.